The number of amides is 2. The Morgan fingerprint density at radius 2 is 1.44 bits per heavy atom. The first-order valence-electron chi connectivity index (χ1n) is 9.32. The minimum atomic E-state index is -0.0613. The van der Waals surface area contributed by atoms with Crippen molar-refractivity contribution >= 4 is 11.8 Å². The number of carbonyl (C=O) groups excluding carboxylic acids is 2. The molecule has 150 valence electrons. The van der Waals surface area contributed by atoms with Gasteiger partial charge in [-0.3, -0.25) is 24.2 Å². The van der Waals surface area contributed by atoms with E-state index >= 15 is 0 Å². The van der Waals surface area contributed by atoms with Gasteiger partial charge in [-0.25, -0.2) is 10.1 Å². The van der Waals surface area contributed by atoms with E-state index in [0.29, 0.717) is 12.8 Å². The summed E-state index contributed by atoms with van der Waals surface area (Å²) in [4.78, 5) is 37.2. The van der Waals surface area contributed by atoms with Crippen LogP contribution in [0.3, 0.4) is 0 Å². The van der Waals surface area contributed by atoms with Crippen LogP contribution in [0.1, 0.15) is 44.2 Å². The Kier molecular flexibility index (Phi) is 7.77. The first-order valence-corrected chi connectivity index (χ1v) is 9.32. The van der Waals surface area contributed by atoms with Crippen molar-refractivity contribution in [2.45, 2.75) is 50.7 Å². The van der Waals surface area contributed by atoms with Crippen molar-refractivity contribution in [1.82, 2.24) is 15.0 Å². The lowest BCUT2D eigenvalue weighted by Crippen LogP contribution is -2.43. The summed E-state index contributed by atoms with van der Waals surface area (Å²) in [7, 11) is 6.21. The number of hydrogen-bond donors (Lipinski definition) is 0. The van der Waals surface area contributed by atoms with Gasteiger partial charge in [0.1, 0.15) is 0 Å². The molecule has 1 aromatic carbocycles. The lowest BCUT2D eigenvalue weighted by Gasteiger charge is -2.36. The van der Waals surface area contributed by atoms with E-state index in [1.807, 2.05) is 18.2 Å². The second-order valence-corrected chi connectivity index (χ2v) is 6.97. The zero-order chi connectivity index (χ0) is 20.0. The molecule has 2 rings (SSSR count). The molecule has 3 atom stereocenters. The summed E-state index contributed by atoms with van der Waals surface area (Å²) in [5, 5.41) is 2.53. The van der Waals surface area contributed by atoms with Crippen molar-refractivity contribution in [3.63, 3.8) is 0 Å². The molecule has 1 aliphatic rings. The standard InChI is InChI=1S/C20H31N3O4/c1-15(16-9-7-6-8-10-16)23-17(13-19(24)21(2)26-4)11-12-18(23)14-20(25)22(3)27-5/h6-10,15,17-18H,11-14H2,1-5H3/t15-,17-,18+/m1/s1. The van der Waals surface area contributed by atoms with Gasteiger partial charge in [0.05, 0.1) is 14.2 Å². The third-order valence-electron chi connectivity index (χ3n) is 5.48. The molecular formula is C20H31N3O4. The van der Waals surface area contributed by atoms with E-state index in [2.05, 4.69) is 24.0 Å². The molecule has 1 aliphatic heterocycles. The summed E-state index contributed by atoms with van der Waals surface area (Å²) < 4.78 is 0. The molecule has 0 N–H and O–H groups in total. The number of hydrogen-bond acceptors (Lipinski definition) is 5. The summed E-state index contributed by atoms with van der Waals surface area (Å²) in [6, 6.07) is 10.4. The molecule has 2 amide bonds. The molecule has 1 heterocycles. The predicted molar refractivity (Wildman–Crippen MR) is 102 cm³/mol. The number of rotatable bonds is 8. The summed E-state index contributed by atoms with van der Waals surface area (Å²) in [6.07, 6.45) is 2.48. The SMILES string of the molecule is CON(C)C(=O)C[C@H]1CC[C@@H](CC(=O)N(C)OC)N1[C@H](C)c1ccccc1. The van der Waals surface area contributed by atoms with Crippen molar-refractivity contribution in [2.24, 2.45) is 0 Å². The van der Waals surface area contributed by atoms with E-state index in [0.717, 1.165) is 12.8 Å². The van der Waals surface area contributed by atoms with Gasteiger partial charge in [-0.1, -0.05) is 30.3 Å². The smallest absolute Gasteiger partial charge is 0.247 e. The Hall–Kier alpha value is -1.96. The highest BCUT2D eigenvalue weighted by atomic mass is 16.7. The fourth-order valence-corrected chi connectivity index (χ4v) is 3.80. The zero-order valence-electron chi connectivity index (χ0n) is 16.9. The lowest BCUT2D eigenvalue weighted by atomic mass is 10.0. The van der Waals surface area contributed by atoms with Gasteiger partial charge in [0.2, 0.25) is 11.8 Å². The molecule has 0 saturated carbocycles. The first-order chi connectivity index (χ1) is 12.9. The van der Waals surface area contributed by atoms with Gasteiger partial charge < -0.3 is 0 Å². The lowest BCUT2D eigenvalue weighted by molar-refractivity contribution is -0.171. The van der Waals surface area contributed by atoms with E-state index < -0.39 is 0 Å². The third kappa shape index (κ3) is 5.28. The Labute approximate surface area is 161 Å². The maximum atomic E-state index is 12.4. The number of benzene rings is 1. The van der Waals surface area contributed by atoms with E-state index in [4.69, 9.17) is 9.68 Å². The van der Waals surface area contributed by atoms with Crippen LogP contribution in [0.2, 0.25) is 0 Å². The number of hydroxylamine groups is 4. The monoisotopic (exact) mass is 377 g/mol. The minimum absolute atomic E-state index is 0.0613. The van der Waals surface area contributed by atoms with Crippen molar-refractivity contribution in [1.29, 1.82) is 0 Å². The molecule has 7 heteroatoms. The molecule has 0 unspecified atom stereocenters. The van der Waals surface area contributed by atoms with E-state index in [1.54, 1.807) is 14.1 Å². The molecule has 0 spiro atoms. The summed E-state index contributed by atoms with van der Waals surface area (Å²) >= 11 is 0. The van der Waals surface area contributed by atoms with E-state index in [-0.39, 0.29) is 29.9 Å². The van der Waals surface area contributed by atoms with Crippen LogP contribution in [-0.4, -0.2) is 67.2 Å². The van der Waals surface area contributed by atoms with Crippen LogP contribution < -0.4 is 0 Å². The molecule has 0 aliphatic carbocycles. The molecule has 0 radical (unpaired) electrons. The van der Waals surface area contributed by atoms with Gasteiger partial charge in [0.25, 0.3) is 0 Å². The normalized spacial score (nSPS) is 21.1. The Morgan fingerprint density at radius 3 is 1.85 bits per heavy atom. The van der Waals surface area contributed by atoms with Crippen LogP contribution in [0.5, 0.6) is 0 Å². The first kappa shape index (κ1) is 21.3. The van der Waals surface area contributed by atoms with Crippen LogP contribution in [0.4, 0.5) is 0 Å². The second kappa shape index (κ2) is 9.82. The summed E-state index contributed by atoms with van der Waals surface area (Å²) in [5.41, 5.74) is 1.18. The van der Waals surface area contributed by atoms with Crippen LogP contribution in [0.15, 0.2) is 30.3 Å². The van der Waals surface area contributed by atoms with Crippen molar-refractivity contribution in [2.75, 3.05) is 28.3 Å². The Balaban J connectivity index is 2.21. The van der Waals surface area contributed by atoms with Gasteiger partial charge in [-0.05, 0) is 25.3 Å². The van der Waals surface area contributed by atoms with Gasteiger partial charge in [-0.2, -0.15) is 0 Å². The minimum Gasteiger partial charge on any atom is -0.290 e. The molecule has 1 aromatic rings. The van der Waals surface area contributed by atoms with Crippen molar-refractivity contribution < 1.29 is 19.3 Å². The van der Waals surface area contributed by atoms with Gasteiger partial charge >= 0.3 is 0 Å². The highest BCUT2D eigenvalue weighted by molar-refractivity contribution is 5.76. The number of likely N-dealkylation sites (tertiary alicyclic amines) is 1. The van der Waals surface area contributed by atoms with Crippen LogP contribution >= 0.6 is 0 Å². The molecular weight excluding hydrogens is 346 g/mol. The van der Waals surface area contributed by atoms with Crippen LogP contribution in [-0.2, 0) is 19.3 Å². The number of nitrogens with zero attached hydrogens (tertiary/aromatic N) is 3. The number of carbonyl (C=O) groups is 2. The van der Waals surface area contributed by atoms with Gasteiger partial charge in [0.15, 0.2) is 0 Å². The molecule has 0 aromatic heterocycles. The van der Waals surface area contributed by atoms with Crippen LogP contribution in [0, 0.1) is 0 Å². The summed E-state index contributed by atoms with van der Waals surface area (Å²) in [6.45, 7) is 2.13. The van der Waals surface area contributed by atoms with Gasteiger partial charge in [0, 0.05) is 45.1 Å². The quantitative estimate of drug-likeness (QED) is 0.651. The average Bonchev–Trinajstić information content (AvgIpc) is 3.08. The average molecular weight is 377 g/mol. The van der Waals surface area contributed by atoms with E-state index in [9.17, 15) is 9.59 Å². The largest absolute Gasteiger partial charge is 0.290 e. The maximum absolute atomic E-state index is 12.4. The van der Waals surface area contributed by atoms with Crippen molar-refractivity contribution in [3.8, 4) is 0 Å². The van der Waals surface area contributed by atoms with E-state index in [1.165, 1.54) is 29.9 Å². The van der Waals surface area contributed by atoms with Crippen molar-refractivity contribution in [3.05, 3.63) is 35.9 Å². The summed E-state index contributed by atoms with van der Waals surface area (Å²) in [5.74, 6) is -0.123. The predicted octanol–water partition coefficient (Wildman–Crippen LogP) is 2.40. The Morgan fingerprint density at radius 1 is 1.00 bits per heavy atom. The maximum Gasteiger partial charge on any atom is 0.247 e. The molecule has 7 nitrogen and oxygen atoms in total. The molecule has 0 bridgehead atoms. The topological polar surface area (TPSA) is 62.3 Å². The third-order valence-corrected chi connectivity index (χ3v) is 5.48. The second-order valence-electron chi connectivity index (χ2n) is 6.97. The molecule has 1 fully saturated rings. The highest BCUT2D eigenvalue weighted by Crippen LogP contribution is 2.37. The Bertz CT molecular complexity index is 593. The van der Waals surface area contributed by atoms with Gasteiger partial charge in [-0.15, -0.1) is 0 Å². The fraction of sp³-hybridized carbons (Fsp3) is 0.600. The molecule has 27 heavy (non-hydrogen) atoms. The fourth-order valence-electron chi connectivity index (χ4n) is 3.80. The zero-order valence-corrected chi connectivity index (χ0v) is 16.9. The molecule has 1 saturated heterocycles. The van der Waals surface area contributed by atoms with Crippen LogP contribution in [0.25, 0.3) is 0 Å². The highest BCUT2D eigenvalue weighted by Gasteiger charge is 2.39.